The van der Waals surface area contributed by atoms with Crippen LogP contribution in [-0.2, 0) is 32.2 Å². The fraction of sp³-hybridized carbons (Fsp3) is 0.333. The molecule has 1 heterocycles. The molecule has 0 aliphatic carbocycles. The van der Waals surface area contributed by atoms with Crippen molar-refractivity contribution in [3.05, 3.63) is 71.8 Å². The highest BCUT2D eigenvalue weighted by Crippen LogP contribution is 2.28. The molecule has 142 valence electrons. The molecular formula is C21H24N2O4. The van der Waals surface area contributed by atoms with Crippen LogP contribution in [0.5, 0.6) is 0 Å². The van der Waals surface area contributed by atoms with E-state index in [2.05, 4.69) is 10.6 Å². The maximum atomic E-state index is 12.6. The summed E-state index contributed by atoms with van der Waals surface area (Å²) in [5.74, 6) is -1.75. The highest BCUT2D eigenvalue weighted by Gasteiger charge is 2.48. The Morgan fingerprint density at radius 2 is 1.15 bits per heavy atom. The third-order valence-electron chi connectivity index (χ3n) is 4.23. The number of carbonyl (C=O) groups excluding carboxylic acids is 2. The van der Waals surface area contributed by atoms with E-state index >= 15 is 0 Å². The summed E-state index contributed by atoms with van der Waals surface area (Å²) < 4.78 is 11.4. The van der Waals surface area contributed by atoms with Crippen LogP contribution in [0.3, 0.4) is 0 Å². The van der Waals surface area contributed by atoms with E-state index in [1.54, 1.807) is 13.8 Å². The molecule has 27 heavy (non-hydrogen) atoms. The normalized spacial score (nSPS) is 20.8. The van der Waals surface area contributed by atoms with E-state index in [0.717, 1.165) is 11.1 Å². The second kappa shape index (κ2) is 8.33. The second-order valence-corrected chi connectivity index (χ2v) is 6.88. The number of carbonyl (C=O) groups is 2. The predicted octanol–water partition coefficient (Wildman–Crippen LogP) is 2.14. The molecule has 2 atom stereocenters. The Morgan fingerprint density at radius 1 is 0.778 bits per heavy atom. The molecule has 0 saturated carbocycles. The first kappa shape index (κ1) is 19.1. The van der Waals surface area contributed by atoms with Gasteiger partial charge >= 0.3 is 0 Å². The van der Waals surface area contributed by atoms with Crippen LogP contribution < -0.4 is 10.6 Å². The maximum absolute atomic E-state index is 12.6. The Morgan fingerprint density at radius 3 is 1.52 bits per heavy atom. The van der Waals surface area contributed by atoms with E-state index in [9.17, 15) is 9.59 Å². The van der Waals surface area contributed by atoms with Crippen LogP contribution in [-0.4, -0.2) is 29.8 Å². The first-order valence-electron chi connectivity index (χ1n) is 8.93. The Kier molecular flexibility index (Phi) is 5.88. The van der Waals surface area contributed by atoms with Gasteiger partial charge in [-0.25, -0.2) is 0 Å². The Balaban J connectivity index is 1.61. The molecule has 3 rings (SSSR count). The lowest BCUT2D eigenvalue weighted by molar-refractivity contribution is -0.159. The molecule has 0 spiro atoms. The molecule has 2 aromatic rings. The van der Waals surface area contributed by atoms with Crippen LogP contribution in [0.1, 0.15) is 25.0 Å². The molecule has 0 radical (unpaired) electrons. The van der Waals surface area contributed by atoms with Gasteiger partial charge in [0.1, 0.15) is 0 Å². The number of nitrogens with one attached hydrogen (secondary N) is 2. The number of hydrogen-bond acceptors (Lipinski definition) is 4. The number of rotatable bonds is 6. The van der Waals surface area contributed by atoms with Crippen molar-refractivity contribution in [3.8, 4) is 0 Å². The molecule has 6 heteroatoms. The molecule has 2 N–H and O–H groups in total. The third-order valence-corrected chi connectivity index (χ3v) is 4.23. The second-order valence-electron chi connectivity index (χ2n) is 6.88. The lowest BCUT2D eigenvalue weighted by Gasteiger charge is -2.16. The van der Waals surface area contributed by atoms with Crippen molar-refractivity contribution in [2.24, 2.45) is 0 Å². The van der Waals surface area contributed by atoms with Crippen LogP contribution in [0.2, 0.25) is 0 Å². The Labute approximate surface area is 158 Å². The summed E-state index contributed by atoms with van der Waals surface area (Å²) in [6.07, 6.45) is -2.00. The van der Waals surface area contributed by atoms with Gasteiger partial charge in [-0.05, 0) is 25.0 Å². The van der Waals surface area contributed by atoms with Gasteiger partial charge in [0, 0.05) is 13.1 Å². The van der Waals surface area contributed by atoms with Gasteiger partial charge in [-0.3, -0.25) is 9.59 Å². The smallest absolute Gasteiger partial charge is 0.252 e. The Hall–Kier alpha value is -2.70. The highest BCUT2D eigenvalue weighted by atomic mass is 16.8. The minimum absolute atomic E-state index is 0.359. The molecule has 1 saturated heterocycles. The van der Waals surface area contributed by atoms with Crippen LogP contribution >= 0.6 is 0 Å². The van der Waals surface area contributed by atoms with Gasteiger partial charge in [-0.2, -0.15) is 0 Å². The molecule has 2 amide bonds. The van der Waals surface area contributed by atoms with E-state index in [1.165, 1.54) is 0 Å². The van der Waals surface area contributed by atoms with E-state index in [0.29, 0.717) is 13.1 Å². The van der Waals surface area contributed by atoms with Crippen LogP contribution in [0.25, 0.3) is 0 Å². The summed E-state index contributed by atoms with van der Waals surface area (Å²) in [6.45, 7) is 4.10. The topological polar surface area (TPSA) is 76.7 Å². The highest BCUT2D eigenvalue weighted by molar-refractivity contribution is 5.91. The first-order chi connectivity index (χ1) is 12.9. The summed E-state index contributed by atoms with van der Waals surface area (Å²) in [7, 11) is 0. The largest absolute Gasteiger partial charge is 0.350 e. The maximum Gasteiger partial charge on any atom is 0.252 e. The number of hydrogen-bond donors (Lipinski definition) is 2. The molecule has 2 aromatic carbocycles. The van der Waals surface area contributed by atoms with Crippen molar-refractivity contribution in [2.45, 2.75) is 44.9 Å². The fourth-order valence-electron chi connectivity index (χ4n) is 2.92. The van der Waals surface area contributed by atoms with Gasteiger partial charge in [0.2, 0.25) is 0 Å². The lowest BCUT2D eigenvalue weighted by Crippen LogP contribution is -2.47. The van der Waals surface area contributed by atoms with E-state index in [-0.39, 0.29) is 11.8 Å². The van der Waals surface area contributed by atoms with Crippen molar-refractivity contribution in [3.63, 3.8) is 0 Å². The fourth-order valence-corrected chi connectivity index (χ4v) is 2.92. The quantitative estimate of drug-likeness (QED) is 0.819. The summed E-state index contributed by atoms with van der Waals surface area (Å²) >= 11 is 0. The zero-order valence-electron chi connectivity index (χ0n) is 15.5. The molecule has 1 fully saturated rings. The summed E-state index contributed by atoms with van der Waals surface area (Å²) in [5.41, 5.74) is 1.93. The molecule has 1 aliphatic heterocycles. The lowest BCUT2D eigenvalue weighted by atomic mass is 10.1. The summed E-state index contributed by atoms with van der Waals surface area (Å²) in [6, 6.07) is 19.1. The monoisotopic (exact) mass is 368 g/mol. The molecule has 0 aromatic heterocycles. The van der Waals surface area contributed by atoms with Gasteiger partial charge in [0.05, 0.1) is 0 Å². The molecular weight excluding hydrogens is 344 g/mol. The minimum Gasteiger partial charge on any atom is -0.350 e. The van der Waals surface area contributed by atoms with Crippen molar-refractivity contribution in [1.82, 2.24) is 10.6 Å². The van der Waals surface area contributed by atoms with Gasteiger partial charge in [0.25, 0.3) is 11.8 Å². The average Bonchev–Trinajstić information content (AvgIpc) is 3.01. The van der Waals surface area contributed by atoms with E-state index in [1.807, 2.05) is 60.7 Å². The van der Waals surface area contributed by atoms with Gasteiger partial charge in [-0.1, -0.05) is 60.7 Å². The Bertz CT molecular complexity index is 712. The van der Waals surface area contributed by atoms with E-state index in [4.69, 9.17) is 9.47 Å². The van der Waals surface area contributed by atoms with Crippen molar-refractivity contribution >= 4 is 11.8 Å². The van der Waals surface area contributed by atoms with Crippen molar-refractivity contribution in [2.75, 3.05) is 0 Å². The first-order valence-corrected chi connectivity index (χ1v) is 8.93. The van der Waals surface area contributed by atoms with Crippen LogP contribution in [0, 0.1) is 0 Å². The number of amides is 2. The van der Waals surface area contributed by atoms with Gasteiger partial charge in [-0.15, -0.1) is 0 Å². The number of benzene rings is 2. The standard InChI is InChI=1S/C21H24N2O4/c1-21(2)26-17(19(24)22-13-15-9-5-3-6-10-15)18(27-21)20(25)23-14-16-11-7-4-8-12-16/h3-12,17-18H,13-14H2,1-2H3,(H,22,24)(H,23,25)/t17-,18+. The predicted molar refractivity (Wildman–Crippen MR) is 100 cm³/mol. The van der Waals surface area contributed by atoms with Crippen molar-refractivity contribution < 1.29 is 19.1 Å². The zero-order chi connectivity index (χ0) is 19.3. The summed E-state index contributed by atoms with van der Waals surface area (Å²) in [4.78, 5) is 25.2. The minimum atomic E-state index is -1.01. The van der Waals surface area contributed by atoms with Crippen LogP contribution in [0.15, 0.2) is 60.7 Å². The van der Waals surface area contributed by atoms with Crippen molar-refractivity contribution in [1.29, 1.82) is 0 Å². The zero-order valence-corrected chi connectivity index (χ0v) is 15.5. The molecule has 0 bridgehead atoms. The number of ether oxygens (including phenoxy) is 2. The third kappa shape index (κ3) is 5.15. The SMILES string of the molecule is CC1(C)O[C@H](C(=O)NCc2ccccc2)[C@H](C(=O)NCc2ccccc2)O1. The van der Waals surface area contributed by atoms with Gasteiger partial charge < -0.3 is 20.1 Å². The van der Waals surface area contributed by atoms with Gasteiger partial charge in [0.15, 0.2) is 18.0 Å². The molecule has 1 aliphatic rings. The van der Waals surface area contributed by atoms with Crippen LogP contribution in [0.4, 0.5) is 0 Å². The average molecular weight is 368 g/mol. The summed E-state index contributed by atoms with van der Waals surface area (Å²) in [5, 5.41) is 5.63. The molecule has 6 nitrogen and oxygen atoms in total. The molecule has 0 unspecified atom stereocenters. The van der Waals surface area contributed by atoms with E-state index < -0.39 is 18.0 Å².